The van der Waals surface area contributed by atoms with E-state index in [4.69, 9.17) is 0 Å². The summed E-state index contributed by atoms with van der Waals surface area (Å²) in [6, 6.07) is 8.14. The zero-order valence-corrected chi connectivity index (χ0v) is 16.7. The van der Waals surface area contributed by atoms with Crippen LogP contribution in [0.15, 0.2) is 34.0 Å². The maximum atomic E-state index is 12.2. The van der Waals surface area contributed by atoms with Gasteiger partial charge in [0.05, 0.1) is 11.4 Å². The van der Waals surface area contributed by atoms with E-state index in [1.54, 1.807) is 11.3 Å². The molecule has 25 heavy (non-hydrogen) atoms. The highest BCUT2D eigenvalue weighted by atomic mass is 32.2. The number of aromatic nitrogens is 1. The summed E-state index contributed by atoms with van der Waals surface area (Å²) >= 11 is 3.10. The highest BCUT2D eigenvalue weighted by molar-refractivity contribution is 8.01. The average molecular weight is 376 g/mol. The molecule has 0 bridgehead atoms. The number of hydrogen-bond donors (Lipinski definition) is 1. The lowest BCUT2D eigenvalue weighted by atomic mass is 9.93. The molecule has 1 saturated heterocycles. The van der Waals surface area contributed by atoms with Crippen molar-refractivity contribution in [3.63, 3.8) is 0 Å². The van der Waals surface area contributed by atoms with Gasteiger partial charge in [-0.25, -0.2) is 4.98 Å². The first-order valence-corrected chi connectivity index (χ1v) is 10.5. The Balaban J connectivity index is 1.49. The maximum absolute atomic E-state index is 12.2. The Morgan fingerprint density at radius 1 is 1.24 bits per heavy atom. The molecule has 1 aromatic carbocycles. The number of benzene rings is 1. The lowest BCUT2D eigenvalue weighted by Gasteiger charge is -2.17. The number of amides is 1. The summed E-state index contributed by atoms with van der Waals surface area (Å²) < 4.78 is 0.949. The van der Waals surface area contributed by atoms with Crippen molar-refractivity contribution in [3.8, 4) is 0 Å². The van der Waals surface area contributed by atoms with Crippen LogP contribution in [0.1, 0.15) is 39.3 Å². The van der Waals surface area contributed by atoms with Gasteiger partial charge in [0.15, 0.2) is 4.34 Å². The fourth-order valence-corrected chi connectivity index (χ4v) is 4.58. The SMILES string of the molecule is CC(C)(C)c1csc(SCC(=O)Nc2ccc(N3CCCC3)cc2)n1. The Bertz CT molecular complexity index is 713. The number of carbonyl (C=O) groups excluding carboxylic acids is 1. The molecular weight excluding hydrogens is 350 g/mol. The summed E-state index contributed by atoms with van der Waals surface area (Å²) in [7, 11) is 0. The number of nitrogens with zero attached hydrogens (tertiary/aromatic N) is 2. The first-order valence-electron chi connectivity index (χ1n) is 8.65. The van der Waals surface area contributed by atoms with E-state index in [1.165, 1.54) is 30.3 Å². The first-order chi connectivity index (χ1) is 11.9. The molecule has 0 aliphatic carbocycles. The quantitative estimate of drug-likeness (QED) is 0.765. The minimum absolute atomic E-state index is 0.00595. The van der Waals surface area contributed by atoms with Crippen molar-refractivity contribution in [1.82, 2.24) is 4.98 Å². The molecule has 134 valence electrons. The molecule has 1 amide bonds. The van der Waals surface area contributed by atoms with E-state index in [0.29, 0.717) is 5.75 Å². The fourth-order valence-electron chi connectivity index (χ4n) is 2.72. The normalized spacial score (nSPS) is 14.8. The minimum atomic E-state index is 0.00595. The molecule has 1 aliphatic heterocycles. The number of carbonyl (C=O) groups is 1. The average Bonchev–Trinajstić information content (AvgIpc) is 3.25. The summed E-state index contributed by atoms with van der Waals surface area (Å²) in [6.45, 7) is 8.71. The molecular formula is C19H25N3OS2. The van der Waals surface area contributed by atoms with Crippen molar-refractivity contribution in [2.45, 2.75) is 43.4 Å². The molecule has 0 radical (unpaired) electrons. The zero-order chi connectivity index (χ0) is 17.9. The van der Waals surface area contributed by atoms with Gasteiger partial charge in [0.1, 0.15) is 0 Å². The first kappa shape index (κ1) is 18.3. The van der Waals surface area contributed by atoms with E-state index in [9.17, 15) is 4.79 Å². The van der Waals surface area contributed by atoms with Crippen molar-refractivity contribution < 1.29 is 4.79 Å². The second-order valence-corrected chi connectivity index (χ2v) is 9.41. The Hall–Kier alpha value is -1.53. The van der Waals surface area contributed by atoms with E-state index in [2.05, 4.69) is 53.5 Å². The number of rotatable bonds is 5. The monoisotopic (exact) mass is 375 g/mol. The number of nitrogens with one attached hydrogen (secondary N) is 1. The minimum Gasteiger partial charge on any atom is -0.372 e. The predicted octanol–water partition coefficient (Wildman–Crippen LogP) is 4.77. The van der Waals surface area contributed by atoms with Gasteiger partial charge in [-0.15, -0.1) is 11.3 Å². The topological polar surface area (TPSA) is 45.2 Å². The number of anilines is 2. The number of thiazole rings is 1. The van der Waals surface area contributed by atoms with Crippen molar-refractivity contribution in [2.24, 2.45) is 0 Å². The van der Waals surface area contributed by atoms with Crippen LogP contribution in [-0.4, -0.2) is 29.7 Å². The fraction of sp³-hybridized carbons (Fsp3) is 0.474. The van der Waals surface area contributed by atoms with Crippen LogP contribution in [0.3, 0.4) is 0 Å². The largest absolute Gasteiger partial charge is 0.372 e. The van der Waals surface area contributed by atoms with E-state index >= 15 is 0 Å². The molecule has 6 heteroatoms. The van der Waals surface area contributed by atoms with Gasteiger partial charge in [0.25, 0.3) is 0 Å². The highest BCUT2D eigenvalue weighted by Gasteiger charge is 2.18. The van der Waals surface area contributed by atoms with Crippen molar-refractivity contribution in [1.29, 1.82) is 0 Å². The van der Waals surface area contributed by atoms with Crippen LogP contribution in [0.25, 0.3) is 0 Å². The Labute approximate surface area is 158 Å². The molecule has 0 atom stereocenters. The van der Waals surface area contributed by atoms with Gasteiger partial charge >= 0.3 is 0 Å². The molecule has 4 nitrogen and oxygen atoms in total. The molecule has 0 spiro atoms. The van der Waals surface area contributed by atoms with Crippen LogP contribution in [0.2, 0.25) is 0 Å². The smallest absolute Gasteiger partial charge is 0.234 e. The third-order valence-corrected chi connectivity index (χ3v) is 6.22. The van der Waals surface area contributed by atoms with Crippen LogP contribution >= 0.6 is 23.1 Å². The van der Waals surface area contributed by atoms with Gasteiger partial charge < -0.3 is 10.2 Å². The van der Waals surface area contributed by atoms with Gasteiger partial charge in [-0.1, -0.05) is 32.5 Å². The highest BCUT2D eigenvalue weighted by Crippen LogP contribution is 2.29. The number of hydrogen-bond acceptors (Lipinski definition) is 5. The maximum Gasteiger partial charge on any atom is 0.234 e. The van der Waals surface area contributed by atoms with Crippen LogP contribution in [0, 0.1) is 0 Å². The van der Waals surface area contributed by atoms with Gasteiger partial charge in [0.2, 0.25) is 5.91 Å². The summed E-state index contributed by atoms with van der Waals surface area (Å²) in [5.41, 5.74) is 3.22. The second-order valence-electron chi connectivity index (χ2n) is 7.33. The third-order valence-electron chi connectivity index (χ3n) is 4.20. The molecule has 1 N–H and O–H groups in total. The molecule has 3 rings (SSSR count). The summed E-state index contributed by atoms with van der Waals surface area (Å²) in [4.78, 5) is 19.2. The van der Waals surface area contributed by atoms with Gasteiger partial charge in [-0.2, -0.15) is 0 Å². The second kappa shape index (κ2) is 7.79. The van der Waals surface area contributed by atoms with Crippen LogP contribution in [0.5, 0.6) is 0 Å². The third kappa shape index (κ3) is 4.98. The molecule has 1 fully saturated rings. The van der Waals surface area contributed by atoms with Gasteiger partial charge in [-0.05, 0) is 37.1 Å². The number of thioether (sulfide) groups is 1. The Kier molecular flexibility index (Phi) is 5.69. The molecule has 2 heterocycles. The Morgan fingerprint density at radius 2 is 1.92 bits per heavy atom. The van der Waals surface area contributed by atoms with Gasteiger partial charge in [-0.3, -0.25) is 4.79 Å². The van der Waals surface area contributed by atoms with E-state index in [0.717, 1.165) is 28.8 Å². The molecule has 0 unspecified atom stereocenters. The summed E-state index contributed by atoms with van der Waals surface area (Å²) in [5.74, 6) is 0.386. The van der Waals surface area contributed by atoms with Crippen LogP contribution in [0.4, 0.5) is 11.4 Å². The molecule has 1 aliphatic rings. The van der Waals surface area contributed by atoms with Crippen LogP contribution < -0.4 is 10.2 Å². The molecule has 1 aromatic heterocycles. The lowest BCUT2D eigenvalue weighted by Crippen LogP contribution is -2.18. The standard InChI is InChI=1S/C19H25N3OS2/c1-19(2,3)16-12-24-18(21-16)25-13-17(23)20-14-6-8-15(9-7-14)22-10-4-5-11-22/h6-9,12H,4-5,10-11,13H2,1-3H3,(H,20,23). The lowest BCUT2D eigenvalue weighted by molar-refractivity contribution is -0.113. The van der Waals surface area contributed by atoms with E-state index < -0.39 is 0 Å². The molecule has 2 aromatic rings. The summed E-state index contributed by atoms with van der Waals surface area (Å²) in [6.07, 6.45) is 2.53. The van der Waals surface area contributed by atoms with E-state index in [1.807, 2.05) is 12.1 Å². The van der Waals surface area contributed by atoms with Crippen molar-refractivity contribution in [2.75, 3.05) is 29.1 Å². The van der Waals surface area contributed by atoms with Crippen LogP contribution in [-0.2, 0) is 10.2 Å². The molecule has 0 saturated carbocycles. The van der Waals surface area contributed by atoms with E-state index in [-0.39, 0.29) is 11.3 Å². The van der Waals surface area contributed by atoms with Gasteiger partial charge in [0, 0.05) is 35.3 Å². The zero-order valence-electron chi connectivity index (χ0n) is 15.0. The predicted molar refractivity (Wildman–Crippen MR) is 108 cm³/mol. The summed E-state index contributed by atoms with van der Waals surface area (Å²) in [5, 5.41) is 5.05. The van der Waals surface area contributed by atoms with Crippen molar-refractivity contribution >= 4 is 40.4 Å². The van der Waals surface area contributed by atoms with Crippen molar-refractivity contribution in [3.05, 3.63) is 35.3 Å². The Morgan fingerprint density at radius 3 is 2.52 bits per heavy atom.